The van der Waals surface area contributed by atoms with E-state index in [0.29, 0.717) is 15.8 Å². The van der Waals surface area contributed by atoms with Crippen LogP contribution in [0.5, 0.6) is 0 Å². The first kappa shape index (κ1) is 11.0. The fraction of sp³-hybridized carbons (Fsp3) is 0. The first-order valence-electron chi connectivity index (χ1n) is 4.17. The second kappa shape index (κ2) is 4.56. The van der Waals surface area contributed by atoms with Gasteiger partial charge in [-0.3, -0.25) is 0 Å². The highest BCUT2D eigenvalue weighted by Crippen LogP contribution is 2.27. The molecule has 0 fully saturated rings. The normalized spacial score (nSPS) is 12.8. The zero-order valence-electron chi connectivity index (χ0n) is 7.90. The average Bonchev–Trinajstić information content (AvgIpc) is 2.64. The van der Waals surface area contributed by atoms with Gasteiger partial charge in [0.2, 0.25) is 5.13 Å². The summed E-state index contributed by atoms with van der Waals surface area (Å²) in [6.07, 6.45) is 0. The fourth-order valence-corrected chi connectivity index (χ4v) is 2.04. The minimum Gasteiger partial charge on any atom is -0.454 e. The van der Waals surface area contributed by atoms with Crippen LogP contribution in [0.3, 0.4) is 0 Å². The Hall–Kier alpha value is -1.51. The fourth-order valence-electron chi connectivity index (χ4n) is 1.14. The molecule has 0 spiro atoms. The highest BCUT2D eigenvalue weighted by Gasteiger charge is 2.03. The van der Waals surface area contributed by atoms with Crippen molar-refractivity contribution in [1.29, 1.82) is 0 Å². The maximum absolute atomic E-state index is 10.5. The van der Waals surface area contributed by atoms with Crippen molar-refractivity contribution < 1.29 is 8.76 Å². The number of nitrogens with two attached hydrogens (primary N) is 1. The average molecular weight is 255 g/mol. The molecule has 0 amide bonds. The molecule has 0 aliphatic heterocycles. The Balaban J connectivity index is 2.43. The van der Waals surface area contributed by atoms with Gasteiger partial charge < -0.3 is 18.9 Å². The molecular formula is C8H7N4O2S2-. The number of benzene rings is 1. The second-order valence-electron chi connectivity index (χ2n) is 2.82. The highest BCUT2D eigenvalue weighted by molar-refractivity contribution is 7.68. The molecule has 0 aliphatic carbocycles. The van der Waals surface area contributed by atoms with Gasteiger partial charge in [0.15, 0.2) is 0 Å². The molecule has 1 heterocycles. The Morgan fingerprint density at radius 2 is 2.25 bits per heavy atom. The Bertz CT molecular complexity index is 589. The van der Waals surface area contributed by atoms with Gasteiger partial charge in [0.1, 0.15) is 5.01 Å². The van der Waals surface area contributed by atoms with Crippen molar-refractivity contribution in [3.05, 3.63) is 24.3 Å². The number of nitrogens with zero attached hydrogens (tertiary/aromatic N) is 3. The zero-order valence-corrected chi connectivity index (χ0v) is 9.53. The summed E-state index contributed by atoms with van der Waals surface area (Å²) in [4.78, 5) is 0. The van der Waals surface area contributed by atoms with Crippen molar-refractivity contribution in [2.45, 2.75) is 0 Å². The van der Waals surface area contributed by atoms with Crippen LogP contribution in [0.15, 0.2) is 28.6 Å². The summed E-state index contributed by atoms with van der Waals surface area (Å²) in [5.41, 5.74) is 6.64. The Kier molecular flexibility index (Phi) is 3.13. The van der Waals surface area contributed by atoms with E-state index >= 15 is 0 Å². The summed E-state index contributed by atoms with van der Waals surface area (Å²) in [6, 6.07) is 6.80. The summed E-state index contributed by atoms with van der Waals surface area (Å²) < 4.78 is 22.7. The summed E-state index contributed by atoms with van der Waals surface area (Å²) in [5.74, 6) is 0. The lowest BCUT2D eigenvalue weighted by molar-refractivity contribution is 0.529. The van der Waals surface area contributed by atoms with Gasteiger partial charge in [-0.1, -0.05) is 34.3 Å². The molecule has 3 N–H and O–H groups in total. The summed E-state index contributed by atoms with van der Waals surface area (Å²) in [7, 11) is -2.21. The first-order chi connectivity index (χ1) is 7.65. The molecular weight excluding hydrogens is 248 g/mol. The molecule has 0 unspecified atom stereocenters. The van der Waals surface area contributed by atoms with Crippen LogP contribution in [0.4, 0.5) is 10.8 Å². The molecule has 6 nitrogen and oxygen atoms in total. The molecule has 0 radical (unpaired) electrons. The maximum Gasteiger partial charge on any atom is 0.203 e. The van der Waals surface area contributed by atoms with E-state index in [1.54, 1.807) is 24.3 Å². The molecule has 1 aromatic heterocycles. The van der Waals surface area contributed by atoms with Crippen LogP contribution in [-0.2, 0) is 15.1 Å². The monoisotopic (exact) mass is 255 g/mol. The molecule has 84 valence electrons. The predicted octanol–water partition coefficient (Wildman–Crippen LogP) is 2.04. The van der Waals surface area contributed by atoms with Gasteiger partial charge in [0.25, 0.3) is 0 Å². The smallest absolute Gasteiger partial charge is 0.203 e. The van der Waals surface area contributed by atoms with E-state index in [1.807, 2.05) is 0 Å². The second-order valence-corrected chi connectivity index (χ2v) is 4.47. The van der Waals surface area contributed by atoms with Gasteiger partial charge in [0, 0.05) is 11.3 Å². The van der Waals surface area contributed by atoms with Gasteiger partial charge in [-0.05, 0) is 12.1 Å². The third-order valence-electron chi connectivity index (χ3n) is 1.72. The van der Waals surface area contributed by atoms with E-state index < -0.39 is 10.9 Å². The van der Waals surface area contributed by atoms with Crippen molar-refractivity contribution in [3.63, 3.8) is 0 Å². The zero-order chi connectivity index (χ0) is 11.5. The Morgan fingerprint density at radius 3 is 2.88 bits per heavy atom. The van der Waals surface area contributed by atoms with E-state index in [-0.39, 0.29) is 0 Å². The van der Waals surface area contributed by atoms with Crippen LogP contribution in [0.2, 0.25) is 0 Å². The van der Waals surface area contributed by atoms with Crippen LogP contribution in [0.1, 0.15) is 0 Å². The number of aromatic nitrogens is 2. The van der Waals surface area contributed by atoms with Crippen molar-refractivity contribution in [2.24, 2.45) is 4.36 Å². The molecule has 2 rings (SSSR count). The largest absolute Gasteiger partial charge is 0.454 e. The van der Waals surface area contributed by atoms with Crippen LogP contribution in [0.25, 0.3) is 10.6 Å². The summed E-state index contributed by atoms with van der Waals surface area (Å²) in [5, 5.41) is 8.59. The van der Waals surface area contributed by atoms with E-state index in [1.165, 1.54) is 11.3 Å². The molecule has 0 aliphatic rings. The molecule has 8 heteroatoms. The number of hydrogen-bond donors (Lipinski definition) is 2. The van der Waals surface area contributed by atoms with E-state index in [2.05, 4.69) is 14.6 Å². The quantitative estimate of drug-likeness (QED) is 0.631. The van der Waals surface area contributed by atoms with Crippen LogP contribution in [-0.4, -0.2) is 14.8 Å². The minimum absolute atomic E-state index is 0.378. The van der Waals surface area contributed by atoms with Crippen molar-refractivity contribution in [3.8, 4) is 10.6 Å². The number of anilines is 1. The number of nitrogen functional groups attached to an aromatic ring is 1. The molecule has 2 aromatic rings. The predicted molar refractivity (Wildman–Crippen MR) is 62.5 cm³/mol. The van der Waals surface area contributed by atoms with Gasteiger partial charge in [0.05, 0.1) is 0 Å². The Labute approximate surface area is 97.2 Å². The number of rotatable bonds is 2. The Morgan fingerprint density at radius 1 is 1.44 bits per heavy atom. The lowest BCUT2D eigenvalue weighted by Crippen LogP contribution is -1.80. The lowest BCUT2D eigenvalue weighted by Gasteiger charge is -2.00. The van der Waals surface area contributed by atoms with E-state index in [0.717, 1.165) is 5.56 Å². The van der Waals surface area contributed by atoms with Crippen LogP contribution >= 0.6 is 11.3 Å². The minimum atomic E-state index is -2.21. The molecule has 0 atom stereocenters. The molecule has 0 saturated heterocycles. The van der Waals surface area contributed by atoms with Gasteiger partial charge in [-0.15, -0.1) is 10.2 Å². The van der Waals surface area contributed by atoms with Crippen molar-refractivity contribution in [2.75, 3.05) is 5.73 Å². The molecule has 1 aromatic carbocycles. The molecule has 16 heavy (non-hydrogen) atoms. The van der Waals surface area contributed by atoms with Crippen LogP contribution < -0.4 is 5.73 Å². The van der Waals surface area contributed by atoms with Gasteiger partial charge in [-0.25, -0.2) is 0 Å². The van der Waals surface area contributed by atoms with Crippen LogP contribution in [0, 0.1) is 0 Å². The summed E-state index contributed by atoms with van der Waals surface area (Å²) in [6.45, 7) is 0. The highest BCUT2D eigenvalue weighted by atomic mass is 32.2. The standard InChI is InChI=1S/C8H7N4O2S2/c9-8-11-10-7(15-8)5-2-1-3-6(4-5)12-16(13)14/h1-4H,(H2,9,11)(H,12,13,14)/q-1. The first-order valence-corrected chi connectivity index (χ1v) is 6.05. The van der Waals surface area contributed by atoms with Gasteiger partial charge in [-0.2, -0.15) is 0 Å². The lowest BCUT2D eigenvalue weighted by atomic mass is 10.2. The molecule has 0 saturated carbocycles. The SMILES string of the molecule is Nc1nnc(-c2cccc(N=[S-](=O)O)c2)s1. The van der Waals surface area contributed by atoms with E-state index in [4.69, 9.17) is 10.3 Å². The molecule has 0 bridgehead atoms. The maximum atomic E-state index is 10.5. The topological polar surface area (TPSA) is 101 Å². The van der Waals surface area contributed by atoms with Crippen molar-refractivity contribution >= 4 is 33.0 Å². The summed E-state index contributed by atoms with van der Waals surface area (Å²) >= 11 is 1.24. The number of hydrogen-bond acceptors (Lipinski definition) is 7. The third-order valence-corrected chi connectivity index (χ3v) is 2.89. The van der Waals surface area contributed by atoms with Crippen molar-refractivity contribution in [1.82, 2.24) is 10.2 Å². The third kappa shape index (κ3) is 2.54. The van der Waals surface area contributed by atoms with Gasteiger partial charge >= 0.3 is 0 Å². The van der Waals surface area contributed by atoms with E-state index in [9.17, 15) is 4.21 Å².